The largest absolute Gasteiger partial charge is 0.238 e. The summed E-state index contributed by atoms with van der Waals surface area (Å²) in [6.45, 7) is 7.55. The van der Waals surface area contributed by atoms with Crippen molar-refractivity contribution < 1.29 is 0 Å². The van der Waals surface area contributed by atoms with Gasteiger partial charge in [-0.15, -0.1) is 0 Å². The van der Waals surface area contributed by atoms with Crippen LogP contribution in [0.4, 0.5) is 5.69 Å². The summed E-state index contributed by atoms with van der Waals surface area (Å²) in [5, 5.41) is 2.37. The maximum Gasteiger partial charge on any atom is 0.194 e. The Labute approximate surface area is 279 Å². The smallest absolute Gasteiger partial charge is 0.194 e. The van der Waals surface area contributed by atoms with Gasteiger partial charge in [0.15, 0.2) is 23.2 Å². The van der Waals surface area contributed by atoms with E-state index in [4.69, 9.17) is 21.5 Å². The van der Waals surface area contributed by atoms with E-state index in [1.165, 1.54) is 16.3 Å². The molecule has 7 aromatic carbocycles. The summed E-state index contributed by atoms with van der Waals surface area (Å²) in [5.74, 6) is 1.93. The molecule has 0 unspecified atom stereocenters. The molecule has 4 heteroatoms. The van der Waals surface area contributed by atoms with Crippen molar-refractivity contribution in [2.45, 2.75) is 0 Å². The number of fused-ring (bicyclic) bond motifs is 1. The van der Waals surface area contributed by atoms with Crippen molar-refractivity contribution in [3.63, 3.8) is 0 Å². The lowest BCUT2D eigenvalue weighted by Gasteiger charge is -2.13. The van der Waals surface area contributed by atoms with E-state index in [0.29, 0.717) is 23.2 Å². The molecule has 1 aromatic heterocycles. The van der Waals surface area contributed by atoms with Gasteiger partial charge >= 0.3 is 0 Å². The quantitative estimate of drug-likeness (QED) is 0.175. The Morgan fingerprint density at radius 1 is 0.312 bits per heavy atom. The first kappa shape index (κ1) is 28.8. The first-order valence-electron chi connectivity index (χ1n) is 15.8. The second kappa shape index (κ2) is 12.6. The standard InChI is InChI=1S/C44H28N4/c1-45-41-19-11-10-16-38(41)32-22-20-30(21-23-32)36-28-29-37(40-18-9-8-17-39(36)40)31-24-26-35(27-25-31)44-47-42(33-12-4-2-5-13-33)46-43(48-44)34-14-6-3-7-15-34/h2-29H. The van der Waals surface area contributed by atoms with Gasteiger partial charge in [-0.3, -0.25) is 0 Å². The summed E-state index contributed by atoms with van der Waals surface area (Å²) >= 11 is 0. The van der Waals surface area contributed by atoms with Crippen LogP contribution in [-0.2, 0) is 0 Å². The molecule has 0 radical (unpaired) electrons. The fraction of sp³-hybridized carbons (Fsp3) is 0. The summed E-state index contributed by atoms with van der Waals surface area (Å²) in [6, 6.07) is 57.8. The molecule has 0 aliphatic carbocycles. The van der Waals surface area contributed by atoms with Crippen molar-refractivity contribution >= 4 is 16.5 Å². The Hall–Kier alpha value is -6.70. The first-order chi connectivity index (χ1) is 23.7. The zero-order chi connectivity index (χ0) is 32.3. The predicted octanol–water partition coefficient (Wildman–Crippen LogP) is 11.6. The number of para-hydroxylation sites is 1. The van der Waals surface area contributed by atoms with Crippen LogP contribution >= 0.6 is 0 Å². The molecule has 48 heavy (non-hydrogen) atoms. The zero-order valence-corrected chi connectivity index (χ0v) is 26.0. The van der Waals surface area contributed by atoms with Gasteiger partial charge in [-0.25, -0.2) is 19.8 Å². The summed E-state index contributed by atoms with van der Waals surface area (Å²) in [7, 11) is 0. The van der Waals surface area contributed by atoms with Crippen LogP contribution < -0.4 is 0 Å². The molecular weight excluding hydrogens is 585 g/mol. The van der Waals surface area contributed by atoms with E-state index < -0.39 is 0 Å². The van der Waals surface area contributed by atoms with Crippen molar-refractivity contribution in [3.05, 3.63) is 181 Å². The van der Waals surface area contributed by atoms with Gasteiger partial charge in [0.05, 0.1) is 6.57 Å². The van der Waals surface area contributed by atoms with Crippen LogP contribution in [0.3, 0.4) is 0 Å². The van der Waals surface area contributed by atoms with E-state index in [1.54, 1.807) is 0 Å². The second-order valence-electron chi connectivity index (χ2n) is 11.5. The lowest BCUT2D eigenvalue weighted by atomic mass is 9.91. The third-order valence-electron chi connectivity index (χ3n) is 8.61. The molecule has 0 N–H and O–H groups in total. The highest BCUT2D eigenvalue weighted by atomic mass is 15.0. The SMILES string of the molecule is [C-]#[N+]c1ccccc1-c1ccc(-c2ccc(-c3ccc(-c4nc(-c5ccccc5)nc(-c5ccccc5)n4)cc3)c3ccccc23)cc1. The molecule has 1 heterocycles. The van der Waals surface area contributed by atoms with E-state index in [0.717, 1.165) is 44.5 Å². The summed E-state index contributed by atoms with van der Waals surface area (Å²) in [4.78, 5) is 18.3. The molecule has 8 aromatic rings. The summed E-state index contributed by atoms with van der Waals surface area (Å²) in [6.07, 6.45) is 0. The highest BCUT2D eigenvalue weighted by molar-refractivity contribution is 6.05. The van der Waals surface area contributed by atoms with Crippen LogP contribution in [0.1, 0.15) is 0 Å². The van der Waals surface area contributed by atoms with Crippen LogP contribution in [-0.4, -0.2) is 15.0 Å². The van der Waals surface area contributed by atoms with Gasteiger partial charge in [-0.05, 0) is 44.2 Å². The molecule has 0 saturated heterocycles. The average molecular weight is 613 g/mol. The van der Waals surface area contributed by atoms with Crippen molar-refractivity contribution in [1.82, 2.24) is 15.0 Å². The highest BCUT2D eigenvalue weighted by Crippen LogP contribution is 2.38. The van der Waals surface area contributed by atoms with Crippen LogP contribution in [0.15, 0.2) is 170 Å². The molecule has 0 amide bonds. The Bertz CT molecular complexity index is 2370. The van der Waals surface area contributed by atoms with Gasteiger partial charge in [-0.2, -0.15) is 0 Å². The van der Waals surface area contributed by atoms with Gasteiger partial charge in [0.1, 0.15) is 0 Å². The van der Waals surface area contributed by atoms with Crippen LogP contribution in [0, 0.1) is 6.57 Å². The Morgan fingerprint density at radius 2 is 0.667 bits per heavy atom. The van der Waals surface area contributed by atoms with Gasteiger partial charge in [0, 0.05) is 16.7 Å². The molecule has 0 fully saturated rings. The Kier molecular flexibility index (Phi) is 7.54. The van der Waals surface area contributed by atoms with Crippen molar-refractivity contribution in [3.8, 4) is 67.5 Å². The Morgan fingerprint density at radius 3 is 1.12 bits per heavy atom. The lowest BCUT2D eigenvalue weighted by molar-refractivity contribution is 1.07. The van der Waals surface area contributed by atoms with Gasteiger partial charge in [0.2, 0.25) is 0 Å². The van der Waals surface area contributed by atoms with Crippen LogP contribution in [0.25, 0.3) is 83.2 Å². The zero-order valence-electron chi connectivity index (χ0n) is 26.0. The molecule has 224 valence electrons. The molecule has 0 spiro atoms. The van der Waals surface area contributed by atoms with Crippen molar-refractivity contribution in [2.75, 3.05) is 0 Å². The minimum atomic E-state index is 0.636. The molecule has 0 bridgehead atoms. The minimum Gasteiger partial charge on any atom is -0.238 e. The fourth-order valence-electron chi connectivity index (χ4n) is 6.18. The van der Waals surface area contributed by atoms with Crippen molar-refractivity contribution in [2.24, 2.45) is 0 Å². The van der Waals surface area contributed by atoms with Crippen molar-refractivity contribution in [1.29, 1.82) is 0 Å². The van der Waals surface area contributed by atoms with E-state index in [-0.39, 0.29) is 0 Å². The van der Waals surface area contributed by atoms with E-state index in [2.05, 4.69) is 89.8 Å². The maximum atomic E-state index is 7.55. The summed E-state index contributed by atoms with van der Waals surface area (Å²) in [5.41, 5.74) is 10.1. The molecule has 0 atom stereocenters. The number of rotatable bonds is 6. The molecule has 0 saturated carbocycles. The molecule has 8 rings (SSSR count). The molecule has 0 aliphatic rings. The van der Waals surface area contributed by atoms with Crippen LogP contribution in [0.2, 0.25) is 0 Å². The van der Waals surface area contributed by atoms with E-state index in [9.17, 15) is 0 Å². The van der Waals surface area contributed by atoms with Gasteiger partial charge < -0.3 is 0 Å². The third-order valence-corrected chi connectivity index (χ3v) is 8.61. The highest BCUT2D eigenvalue weighted by Gasteiger charge is 2.14. The molecule has 0 aliphatic heterocycles. The summed E-state index contributed by atoms with van der Waals surface area (Å²) < 4.78 is 0. The predicted molar refractivity (Wildman–Crippen MR) is 196 cm³/mol. The van der Waals surface area contributed by atoms with Gasteiger partial charge in [0.25, 0.3) is 0 Å². The normalized spacial score (nSPS) is 10.9. The van der Waals surface area contributed by atoms with Gasteiger partial charge in [-0.1, -0.05) is 170 Å². The first-order valence-corrected chi connectivity index (χ1v) is 15.8. The second-order valence-corrected chi connectivity index (χ2v) is 11.5. The molecule has 4 nitrogen and oxygen atoms in total. The Balaban J connectivity index is 1.15. The third kappa shape index (κ3) is 5.51. The number of aromatic nitrogens is 3. The van der Waals surface area contributed by atoms with E-state index in [1.807, 2.05) is 84.9 Å². The monoisotopic (exact) mass is 612 g/mol. The maximum absolute atomic E-state index is 7.55. The number of benzene rings is 7. The average Bonchev–Trinajstić information content (AvgIpc) is 3.18. The van der Waals surface area contributed by atoms with Crippen LogP contribution in [0.5, 0.6) is 0 Å². The minimum absolute atomic E-state index is 0.636. The topological polar surface area (TPSA) is 43.0 Å². The lowest BCUT2D eigenvalue weighted by Crippen LogP contribution is -2.00. The fourth-order valence-corrected chi connectivity index (χ4v) is 6.18. The number of hydrogen-bond donors (Lipinski definition) is 0. The number of nitrogens with zero attached hydrogens (tertiary/aromatic N) is 4. The van der Waals surface area contributed by atoms with E-state index >= 15 is 0 Å². The number of hydrogen-bond acceptors (Lipinski definition) is 3. The molecular formula is C44H28N4.